The first-order chi connectivity index (χ1) is 6.97. The molecule has 0 rings (SSSR count). The van der Waals surface area contributed by atoms with Crippen LogP contribution in [0.2, 0.25) is 0 Å². The van der Waals surface area contributed by atoms with E-state index in [0.29, 0.717) is 5.92 Å². The van der Waals surface area contributed by atoms with Crippen molar-refractivity contribution >= 4 is 34.8 Å². The maximum absolute atomic E-state index is 4.61. The summed E-state index contributed by atoms with van der Waals surface area (Å²) in [7, 11) is 0. The van der Waals surface area contributed by atoms with Crippen LogP contribution < -0.4 is 0 Å². The van der Waals surface area contributed by atoms with E-state index in [1.165, 1.54) is 0 Å². The van der Waals surface area contributed by atoms with Crippen LogP contribution in [0.3, 0.4) is 0 Å². The minimum atomic E-state index is -0.249. The van der Waals surface area contributed by atoms with Gasteiger partial charge in [-0.15, -0.1) is 0 Å². The third-order valence-corrected chi connectivity index (χ3v) is 2.83. The lowest BCUT2D eigenvalue weighted by molar-refractivity contribution is 0.227. The molecule has 84 valence electrons. The second kappa shape index (κ2) is 6.97. The van der Waals surface area contributed by atoms with Gasteiger partial charge in [0, 0.05) is 5.41 Å². The van der Waals surface area contributed by atoms with Crippen LogP contribution in [0, 0.1) is 11.3 Å². The Hall–Kier alpha value is -0.400. The molecule has 0 aromatic rings. The van der Waals surface area contributed by atoms with Gasteiger partial charge in [0.05, 0.1) is 10.3 Å². The fourth-order valence-electron chi connectivity index (χ4n) is 1.63. The summed E-state index contributed by atoms with van der Waals surface area (Å²) >= 11 is 9.23. The predicted molar refractivity (Wildman–Crippen MR) is 71.7 cm³/mol. The van der Waals surface area contributed by atoms with Gasteiger partial charge < -0.3 is 0 Å². The van der Waals surface area contributed by atoms with E-state index in [-0.39, 0.29) is 11.6 Å². The van der Waals surface area contributed by atoms with Crippen molar-refractivity contribution in [2.75, 3.05) is 0 Å². The van der Waals surface area contributed by atoms with Crippen molar-refractivity contribution in [3.8, 4) is 0 Å². The highest BCUT2D eigenvalue weighted by atomic mass is 32.1. The van der Waals surface area contributed by atoms with E-state index in [9.17, 15) is 0 Å². The molecule has 0 aliphatic carbocycles. The maximum Gasteiger partial charge on any atom is 0.165 e. The summed E-state index contributed by atoms with van der Waals surface area (Å²) in [6.45, 7) is 8.65. The van der Waals surface area contributed by atoms with E-state index in [1.54, 1.807) is 0 Å². The van der Waals surface area contributed by atoms with E-state index in [2.05, 4.69) is 72.4 Å². The summed E-state index contributed by atoms with van der Waals surface area (Å²) in [5.74, 6) is 0.642. The molecule has 0 aromatic carbocycles. The second-order valence-corrected chi connectivity index (χ2v) is 4.89. The van der Waals surface area contributed by atoms with Crippen molar-refractivity contribution in [3.63, 3.8) is 0 Å². The van der Waals surface area contributed by atoms with Gasteiger partial charge in [0.15, 0.2) is 6.17 Å². The van der Waals surface area contributed by atoms with Gasteiger partial charge in [-0.25, -0.2) is 9.98 Å². The molecule has 0 spiro atoms. The zero-order valence-electron chi connectivity index (χ0n) is 9.78. The highest BCUT2D eigenvalue weighted by Gasteiger charge is 2.30. The van der Waals surface area contributed by atoms with Gasteiger partial charge in [-0.3, -0.25) is 0 Å². The molecule has 0 saturated heterocycles. The van der Waals surface area contributed by atoms with Crippen molar-refractivity contribution in [1.82, 2.24) is 0 Å². The largest absolute Gasteiger partial charge is 0.204 e. The first-order valence-electron chi connectivity index (χ1n) is 5.12. The summed E-state index contributed by atoms with van der Waals surface area (Å²) < 4.78 is 0. The first kappa shape index (κ1) is 14.6. The summed E-state index contributed by atoms with van der Waals surface area (Å²) in [6, 6.07) is 0. The van der Waals surface area contributed by atoms with Gasteiger partial charge in [0.25, 0.3) is 0 Å². The average molecular weight is 242 g/mol. The van der Waals surface area contributed by atoms with Gasteiger partial charge in [0.2, 0.25) is 0 Å². The highest BCUT2D eigenvalue weighted by molar-refractivity contribution is 7.78. The van der Waals surface area contributed by atoms with Gasteiger partial charge in [-0.2, -0.15) is 0 Å². The van der Waals surface area contributed by atoms with Gasteiger partial charge in [0.1, 0.15) is 0 Å². The van der Waals surface area contributed by atoms with Gasteiger partial charge in [-0.05, 0) is 36.8 Å². The Morgan fingerprint density at radius 1 is 1.20 bits per heavy atom. The lowest BCUT2D eigenvalue weighted by atomic mass is 9.80. The standard InChI is InChI=1S/C11H18N2S2/c1-5-9(2)6-11(3,4)10(12-7-14)13-8-15/h9-10H,5-6H2,1-4H3. The molecule has 15 heavy (non-hydrogen) atoms. The Labute approximate surface area is 103 Å². The average Bonchev–Trinajstić information content (AvgIpc) is 2.16. The maximum atomic E-state index is 4.61. The monoisotopic (exact) mass is 242 g/mol. The minimum Gasteiger partial charge on any atom is -0.204 e. The lowest BCUT2D eigenvalue weighted by Crippen LogP contribution is -2.28. The van der Waals surface area contributed by atoms with Crippen molar-refractivity contribution in [3.05, 3.63) is 0 Å². The molecule has 4 heteroatoms. The molecular formula is C11H18N2S2. The van der Waals surface area contributed by atoms with E-state index in [0.717, 1.165) is 12.8 Å². The van der Waals surface area contributed by atoms with Crippen molar-refractivity contribution < 1.29 is 0 Å². The number of isothiocyanates is 2. The first-order valence-corrected chi connectivity index (χ1v) is 5.93. The van der Waals surface area contributed by atoms with Crippen LogP contribution in [0.25, 0.3) is 0 Å². The zero-order chi connectivity index (χ0) is 11.9. The molecule has 1 unspecified atom stereocenters. The van der Waals surface area contributed by atoms with E-state index in [1.807, 2.05) is 0 Å². The molecule has 2 nitrogen and oxygen atoms in total. The second-order valence-electron chi connectivity index (χ2n) is 4.52. The molecule has 0 saturated carbocycles. The van der Waals surface area contributed by atoms with Crippen molar-refractivity contribution in [2.24, 2.45) is 21.3 Å². The third kappa shape index (κ3) is 5.29. The van der Waals surface area contributed by atoms with E-state index >= 15 is 0 Å². The number of aliphatic imine (C=N–C) groups is 2. The summed E-state index contributed by atoms with van der Waals surface area (Å²) in [5, 5.41) is 4.76. The number of hydrogen-bond acceptors (Lipinski definition) is 4. The molecule has 0 aliphatic heterocycles. The van der Waals surface area contributed by atoms with Gasteiger partial charge in [-0.1, -0.05) is 34.1 Å². The topological polar surface area (TPSA) is 24.7 Å². The van der Waals surface area contributed by atoms with Crippen molar-refractivity contribution in [1.29, 1.82) is 0 Å². The number of thiocarbonyl (C=S) groups is 2. The Kier molecular flexibility index (Phi) is 6.78. The van der Waals surface area contributed by atoms with E-state index in [4.69, 9.17) is 0 Å². The number of hydrogen-bond donors (Lipinski definition) is 0. The Morgan fingerprint density at radius 3 is 2.00 bits per heavy atom. The molecule has 0 bridgehead atoms. The summed E-state index contributed by atoms with van der Waals surface area (Å²) in [4.78, 5) is 8.08. The third-order valence-electron chi connectivity index (χ3n) is 2.62. The van der Waals surface area contributed by atoms with Gasteiger partial charge >= 0.3 is 0 Å². The molecule has 0 N–H and O–H groups in total. The zero-order valence-corrected chi connectivity index (χ0v) is 11.4. The molecule has 0 aliphatic rings. The van der Waals surface area contributed by atoms with Crippen LogP contribution in [0.5, 0.6) is 0 Å². The Morgan fingerprint density at radius 2 is 1.67 bits per heavy atom. The van der Waals surface area contributed by atoms with Crippen LogP contribution in [-0.4, -0.2) is 16.5 Å². The molecule has 0 radical (unpaired) electrons. The quantitative estimate of drug-likeness (QED) is 0.520. The Balaban J connectivity index is 4.76. The van der Waals surface area contributed by atoms with Crippen molar-refractivity contribution in [2.45, 2.75) is 46.7 Å². The molecule has 0 heterocycles. The van der Waals surface area contributed by atoms with Crippen LogP contribution in [0.1, 0.15) is 40.5 Å². The molecule has 1 atom stereocenters. The van der Waals surface area contributed by atoms with Crippen LogP contribution in [0.15, 0.2) is 9.98 Å². The van der Waals surface area contributed by atoms with Crippen LogP contribution in [0.4, 0.5) is 0 Å². The lowest BCUT2D eigenvalue weighted by Gasteiger charge is -2.29. The predicted octanol–water partition coefficient (Wildman–Crippen LogP) is 3.98. The fourth-order valence-corrected chi connectivity index (χ4v) is 1.83. The SMILES string of the molecule is CCC(C)CC(C)(C)C(N=C=S)N=C=S. The molecule has 0 amide bonds. The molecule has 0 aromatic heterocycles. The minimum absolute atomic E-state index is 0.0486. The van der Waals surface area contributed by atoms with Crippen LogP contribution >= 0.6 is 24.4 Å². The molecule has 0 fully saturated rings. The summed E-state index contributed by atoms with van der Waals surface area (Å²) in [5.41, 5.74) is -0.0486. The Bertz CT molecular complexity index is 269. The summed E-state index contributed by atoms with van der Waals surface area (Å²) in [6.07, 6.45) is 1.94. The highest BCUT2D eigenvalue weighted by Crippen LogP contribution is 2.32. The normalized spacial score (nSPS) is 14.7. The smallest absolute Gasteiger partial charge is 0.165 e. The van der Waals surface area contributed by atoms with Crippen LogP contribution in [-0.2, 0) is 0 Å². The number of nitrogens with zero attached hydrogens (tertiary/aromatic N) is 2. The van der Waals surface area contributed by atoms with E-state index < -0.39 is 0 Å². The molecular weight excluding hydrogens is 224 g/mol. The number of rotatable bonds is 6. The fraction of sp³-hybridized carbons (Fsp3) is 0.818.